The molecule has 0 heterocycles. The highest BCUT2D eigenvalue weighted by Crippen LogP contribution is 2.17. The van der Waals surface area contributed by atoms with Crippen molar-refractivity contribution in [2.24, 2.45) is 0 Å². The summed E-state index contributed by atoms with van der Waals surface area (Å²) in [4.78, 5) is 1.94. The van der Waals surface area contributed by atoms with E-state index >= 15 is 0 Å². The van der Waals surface area contributed by atoms with Gasteiger partial charge in [0.15, 0.2) is 0 Å². The molecule has 0 bridgehead atoms. The summed E-state index contributed by atoms with van der Waals surface area (Å²) < 4.78 is 38.6. The first-order valence-corrected chi connectivity index (χ1v) is 5.10. The fourth-order valence-electron chi connectivity index (χ4n) is 1.24. The predicted octanol–water partition coefficient (Wildman–Crippen LogP) is 2.70. The van der Waals surface area contributed by atoms with Gasteiger partial charge < -0.3 is 10.2 Å². The van der Waals surface area contributed by atoms with Crippen LogP contribution in [-0.2, 0) is 4.74 Å². The molecule has 1 N–H and O–H groups in total. The number of ether oxygens (including phenoxy) is 1. The molecule has 0 unspecified atom stereocenters. The van der Waals surface area contributed by atoms with Crippen molar-refractivity contribution in [1.82, 2.24) is 0 Å². The van der Waals surface area contributed by atoms with Gasteiger partial charge in [0.2, 0.25) is 0 Å². The van der Waals surface area contributed by atoms with Gasteiger partial charge in [-0.2, -0.15) is 0 Å². The second-order valence-electron chi connectivity index (χ2n) is 3.66. The molecule has 0 aliphatic rings. The van der Waals surface area contributed by atoms with Gasteiger partial charge in [-0.1, -0.05) is 0 Å². The van der Waals surface area contributed by atoms with Crippen LogP contribution in [0.3, 0.4) is 0 Å². The van der Waals surface area contributed by atoms with E-state index in [9.17, 15) is 13.2 Å². The van der Waals surface area contributed by atoms with Gasteiger partial charge in [0.25, 0.3) is 0 Å². The molecule has 0 saturated carbocycles. The lowest BCUT2D eigenvalue weighted by molar-refractivity contribution is -0.322. The molecule has 3 nitrogen and oxygen atoms in total. The van der Waals surface area contributed by atoms with Crippen LogP contribution in [0.5, 0.6) is 0 Å². The minimum absolute atomic E-state index is 0.112. The summed E-state index contributed by atoms with van der Waals surface area (Å²) in [5, 5.41) is 2.84. The monoisotopic (exact) mass is 248 g/mol. The second kappa shape index (κ2) is 5.77. The molecule has 0 aromatic heterocycles. The second-order valence-corrected chi connectivity index (χ2v) is 3.66. The van der Waals surface area contributed by atoms with Crippen LogP contribution >= 0.6 is 0 Å². The molecule has 0 atom stereocenters. The van der Waals surface area contributed by atoms with E-state index in [0.717, 1.165) is 11.4 Å². The van der Waals surface area contributed by atoms with E-state index < -0.39 is 13.0 Å². The Morgan fingerprint density at radius 1 is 1.18 bits per heavy atom. The Morgan fingerprint density at radius 2 is 1.76 bits per heavy atom. The van der Waals surface area contributed by atoms with Gasteiger partial charge in [0, 0.05) is 32.0 Å². The lowest BCUT2D eigenvalue weighted by atomic mass is 10.2. The van der Waals surface area contributed by atoms with E-state index in [4.69, 9.17) is 0 Å². The number of halogens is 3. The fourth-order valence-corrected chi connectivity index (χ4v) is 1.24. The fraction of sp³-hybridized carbons (Fsp3) is 0.455. The van der Waals surface area contributed by atoms with E-state index in [1.54, 1.807) is 0 Å². The highest BCUT2D eigenvalue weighted by atomic mass is 19.4. The lowest BCUT2D eigenvalue weighted by Crippen LogP contribution is -2.19. The van der Waals surface area contributed by atoms with Gasteiger partial charge >= 0.3 is 6.36 Å². The molecule has 0 amide bonds. The number of hydrogen-bond acceptors (Lipinski definition) is 3. The molecule has 17 heavy (non-hydrogen) atoms. The molecule has 6 heteroatoms. The number of nitrogens with zero attached hydrogens (tertiary/aromatic N) is 1. The average molecular weight is 248 g/mol. The molecular formula is C11H15F3N2O. The Bertz CT molecular complexity index is 336. The third kappa shape index (κ3) is 5.44. The average Bonchev–Trinajstić information content (AvgIpc) is 2.24. The van der Waals surface area contributed by atoms with Crippen molar-refractivity contribution in [1.29, 1.82) is 0 Å². The quantitative estimate of drug-likeness (QED) is 0.811. The zero-order valence-corrected chi connectivity index (χ0v) is 9.71. The molecule has 96 valence electrons. The van der Waals surface area contributed by atoms with Crippen molar-refractivity contribution >= 4 is 11.4 Å². The van der Waals surface area contributed by atoms with Crippen molar-refractivity contribution in [3.63, 3.8) is 0 Å². The molecule has 1 aromatic carbocycles. The van der Waals surface area contributed by atoms with Crippen LogP contribution in [0.25, 0.3) is 0 Å². The molecule has 0 fully saturated rings. The van der Waals surface area contributed by atoms with Gasteiger partial charge in [0.1, 0.15) is 0 Å². The Hall–Kier alpha value is -1.43. The first-order valence-electron chi connectivity index (χ1n) is 5.10. The third-order valence-corrected chi connectivity index (χ3v) is 2.08. The van der Waals surface area contributed by atoms with E-state index in [0.29, 0.717) is 0 Å². The van der Waals surface area contributed by atoms with E-state index in [2.05, 4.69) is 10.1 Å². The van der Waals surface area contributed by atoms with E-state index in [-0.39, 0.29) is 6.54 Å². The molecule has 0 saturated heterocycles. The van der Waals surface area contributed by atoms with Crippen molar-refractivity contribution in [2.45, 2.75) is 6.36 Å². The molecule has 0 radical (unpaired) electrons. The first kappa shape index (κ1) is 13.6. The van der Waals surface area contributed by atoms with Gasteiger partial charge in [-0.3, -0.25) is 4.74 Å². The van der Waals surface area contributed by atoms with E-state index in [1.807, 2.05) is 43.3 Å². The van der Waals surface area contributed by atoms with Crippen LogP contribution < -0.4 is 10.2 Å². The number of alkyl halides is 3. The molecule has 0 spiro atoms. The normalized spacial score (nSPS) is 11.4. The van der Waals surface area contributed by atoms with Crippen molar-refractivity contribution in [3.05, 3.63) is 24.3 Å². The van der Waals surface area contributed by atoms with Crippen molar-refractivity contribution < 1.29 is 17.9 Å². The summed E-state index contributed by atoms with van der Waals surface area (Å²) in [5.74, 6) is 0. The minimum atomic E-state index is -4.56. The van der Waals surface area contributed by atoms with Gasteiger partial charge in [0.05, 0.1) is 6.61 Å². The Balaban J connectivity index is 2.33. The number of nitrogens with one attached hydrogen (secondary N) is 1. The SMILES string of the molecule is CN(C)c1ccc(NCCOC(F)(F)F)cc1. The summed E-state index contributed by atoms with van der Waals surface area (Å²) in [7, 11) is 3.83. The summed E-state index contributed by atoms with van der Waals surface area (Å²) in [6.07, 6.45) is -4.56. The number of anilines is 2. The maximum absolute atomic E-state index is 11.7. The van der Waals surface area contributed by atoms with Crippen LogP contribution in [0, 0.1) is 0 Å². The van der Waals surface area contributed by atoms with Crippen molar-refractivity contribution in [2.75, 3.05) is 37.5 Å². The molecular weight excluding hydrogens is 233 g/mol. The summed E-state index contributed by atoms with van der Waals surface area (Å²) in [6.45, 7) is -0.292. The van der Waals surface area contributed by atoms with Crippen molar-refractivity contribution in [3.8, 4) is 0 Å². The first-order chi connectivity index (χ1) is 7.88. The topological polar surface area (TPSA) is 24.5 Å². The predicted molar refractivity (Wildman–Crippen MR) is 61.3 cm³/mol. The summed E-state index contributed by atoms with van der Waals surface area (Å²) in [6, 6.07) is 7.38. The van der Waals surface area contributed by atoms with Crippen LogP contribution in [0.2, 0.25) is 0 Å². The lowest BCUT2D eigenvalue weighted by Gasteiger charge is -2.13. The van der Waals surface area contributed by atoms with Gasteiger partial charge in [-0.25, -0.2) is 0 Å². The number of hydrogen-bond donors (Lipinski definition) is 1. The maximum Gasteiger partial charge on any atom is 0.522 e. The third-order valence-electron chi connectivity index (χ3n) is 2.08. The minimum Gasteiger partial charge on any atom is -0.383 e. The van der Waals surface area contributed by atoms with Crippen LogP contribution in [0.4, 0.5) is 24.5 Å². The standard InChI is InChI=1S/C11H15F3N2O/c1-16(2)10-5-3-9(4-6-10)15-7-8-17-11(12,13)14/h3-6,15H,7-8H2,1-2H3. The maximum atomic E-state index is 11.7. The zero-order valence-electron chi connectivity index (χ0n) is 9.71. The zero-order chi connectivity index (χ0) is 12.9. The highest BCUT2D eigenvalue weighted by molar-refractivity contribution is 5.54. The molecule has 0 aliphatic heterocycles. The molecule has 0 aliphatic carbocycles. The van der Waals surface area contributed by atoms with Crippen LogP contribution in [0.1, 0.15) is 0 Å². The Kier molecular flexibility index (Phi) is 4.62. The Labute approximate surface area is 98.2 Å². The molecule has 1 aromatic rings. The van der Waals surface area contributed by atoms with Crippen LogP contribution in [0.15, 0.2) is 24.3 Å². The largest absolute Gasteiger partial charge is 0.522 e. The Morgan fingerprint density at radius 3 is 2.24 bits per heavy atom. The number of rotatable bonds is 5. The van der Waals surface area contributed by atoms with Crippen LogP contribution in [-0.4, -0.2) is 33.6 Å². The molecule has 1 rings (SSSR count). The highest BCUT2D eigenvalue weighted by Gasteiger charge is 2.28. The smallest absolute Gasteiger partial charge is 0.383 e. The van der Waals surface area contributed by atoms with E-state index in [1.165, 1.54) is 0 Å². The summed E-state index contributed by atoms with van der Waals surface area (Å²) in [5.41, 5.74) is 1.79. The van der Waals surface area contributed by atoms with Gasteiger partial charge in [-0.05, 0) is 24.3 Å². The number of benzene rings is 1. The summed E-state index contributed by atoms with van der Waals surface area (Å²) >= 11 is 0. The van der Waals surface area contributed by atoms with Gasteiger partial charge in [-0.15, -0.1) is 13.2 Å².